The SMILES string of the molecule is CCOC(=O)c1nc(-c2ccc(F)cc2)[nH]c1C. The van der Waals surface area contributed by atoms with Gasteiger partial charge in [0.05, 0.1) is 6.61 Å². The van der Waals surface area contributed by atoms with E-state index in [9.17, 15) is 9.18 Å². The lowest BCUT2D eigenvalue weighted by Crippen LogP contribution is -2.06. The summed E-state index contributed by atoms with van der Waals surface area (Å²) in [5, 5.41) is 0. The summed E-state index contributed by atoms with van der Waals surface area (Å²) in [6, 6.07) is 5.89. The van der Waals surface area contributed by atoms with Crippen molar-refractivity contribution in [3.05, 3.63) is 41.5 Å². The second-order valence-corrected chi connectivity index (χ2v) is 3.79. The van der Waals surface area contributed by atoms with E-state index < -0.39 is 5.97 Å². The molecule has 0 bridgehead atoms. The summed E-state index contributed by atoms with van der Waals surface area (Å²) in [6.07, 6.45) is 0. The Bertz CT molecular complexity index is 561. The lowest BCUT2D eigenvalue weighted by molar-refractivity contribution is 0.0519. The minimum Gasteiger partial charge on any atom is -0.461 e. The number of esters is 1. The number of benzene rings is 1. The first kappa shape index (κ1) is 12.3. The van der Waals surface area contributed by atoms with E-state index in [1.807, 2.05) is 0 Å². The zero-order chi connectivity index (χ0) is 13.1. The van der Waals surface area contributed by atoms with Gasteiger partial charge in [-0.05, 0) is 38.1 Å². The molecule has 0 radical (unpaired) electrons. The minimum absolute atomic E-state index is 0.260. The molecule has 2 rings (SSSR count). The molecule has 94 valence electrons. The molecule has 5 heteroatoms. The summed E-state index contributed by atoms with van der Waals surface area (Å²) in [7, 11) is 0. The Morgan fingerprint density at radius 3 is 2.67 bits per heavy atom. The molecule has 0 fully saturated rings. The highest BCUT2D eigenvalue weighted by atomic mass is 19.1. The van der Waals surface area contributed by atoms with Gasteiger partial charge < -0.3 is 9.72 Å². The van der Waals surface area contributed by atoms with Gasteiger partial charge in [-0.1, -0.05) is 0 Å². The molecule has 0 amide bonds. The van der Waals surface area contributed by atoms with Crippen LogP contribution in [0, 0.1) is 12.7 Å². The van der Waals surface area contributed by atoms with E-state index in [0.717, 1.165) is 5.56 Å². The fraction of sp³-hybridized carbons (Fsp3) is 0.231. The Morgan fingerprint density at radius 1 is 1.39 bits per heavy atom. The summed E-state index contributed by atoms with van der Waals surface area (Å²) in [5.41, 5.74) is 1.61. The average molecular weight is 248 g/mol. The van der Waals surface area contributed by atoms with Crippen LogP contribution in [0.25, 0.3) is 11.4 Å². The summed E-state index contributed by atoms with van der Waals surface area (Å²) in [6.45, 7) is 3.78. The number of imidazole rings is 1. The number of hydrogen-bond acceptors (Lipinski definition) is 3. The standard InChI is InChI=1S/C13H13FN2O2/c1-3-18-13(17)11-8(2)15-12(16-11)9-4-6-10(14)7-5-9/h4-7H,3H2,1-2H3,(H,15,16). The maximum absolute atomic E-state index is 12.8. The highest BCUT2D eigenvalue weighted by molar-refractivity contribution is 5.89. The molecule has 4 nitrogen and oxygen atoms in total. The van der Waals surface area contributed by atoms with Crippen LogP contribution in [0.15, 0.2) is 24.3 Å². The van der Waals surface area contributed by atoms with Gasteiger partial charge in [0.15, 0.2) is 5.69 Å². The predicted molar refractivity (Wildman–Crippen MR) is 64.7 cm³/mol. The van der Waals surface area contributed by atoms with Gasteiger partial charge in [-0.3, -0.25) is 0 Å². The van der Waals surface area contributed by atoms with Gasteiger partial charge in [0.25, 0.3) is 0 Å². The third kappa shape index (κ3) is 2.40. The van der Waals surface area contributed by atoms with Crippen LogP contribution >= 0.6 is 0 Å². The van der Waals surface area contributed by atoms with Crippen molar-refractivity contribution in [3.63, 3.8) is 0 Å². The number of H-pyrrole nitrogens is 1. The summed E-state index contributed by atoms with van der Waals surface area (Å²) < 4.78 is 17.7. The lowest BCUT2D eigenvalue weighted by Gasteiger charge is -1.97. The molecule has 1 heterocycles. The van der Waals surface area contributed by atoms with Crippen molar-refractivity contribution in [2.45, 2.75) is 13.8 Å². The van der Waals surface area contributed by atoms with E-state index in [1.165, 1.54) is 12.1 Å². The number of carbonyl (C=O) groups is 1. The largest absolute Gasteiger partial charge is 0.461 e. The second-order valence-electron chi connectivity index (χ2n) is 3.79. The number of nitrogens with one attached hydrogen (secondary N) is 1. The van der Waals surface area contributed by atoms with E-state index >= 15 is 0 Å². The third-order valence-electron chi connectivity index (χ3n) is 2.47. The van der Waals surface area contributed by atoms with Crippen LogP contribution in [0.1, 0.15) is 23.1 Å². The molecule has 0 aliphatic rings. The topological polar surface area (TPSA) is 55.0 Å². The number of ether oxygens (including phenoxy) is 1. The zero-order valence-electron chi connectivity index (χ0n) is 10.2. The molecule has 2 aromatic rings. The van der Waals surface area contributed by atoms with Crippen molar-refractivity contribution in [3.8, 4) is 11.4 Å². The molecule has 0 aliphatic heterocycles. The van der Waals surface area contributed by atoms with Crippen molar-refractivity contribution < 1.29 is 13.9 Å². The summed E-state index contributed by atoms with van der Waals surface area (Å²) >= 11 is 0. The first-order chi connectivity index (χ1) is 8.61. The highest BCUT2D eigenvalue weighted by Crippen LogP contribution is 2.18. The molecule has 0 atom stereocenters. The van der Waals surface area contributed by atoms with Crippen LogP contribution in [0.2, 0.25) is 0 Å². The number of halogens is 1. The van der Waals surface area contributed by atoms with Gasteiger partial charge in [0.2, 0.25) is 0 Å². The molecule has 0 saturated heterocycles. The zero-order valence-corrected chi connectivity index (χ0v) is 10.2. The van der Waals surface area contributed by atoms with Crippen LogP contribution in [0.5, 0.6) is 0 Å². The minimum atomic E-state index is -0.459. The first-order valence-electron chi connectivity index (χ1n) is 5.61. The Hall–Kier alpha value is -2.17. The molecule has 18 heavy (non-hydrogen) atoms. The van der Waals surface area contributed by atoms with Crippen LogP contribution in [-0.2, 0) is 4.74 Å². The predicted octanol–water partition coefficient (Wildman–Crippen LogP) is 2.70. The van der Waals surface area contributed by atoms with Crippen molar-refractivity contribution in [1.82, 2.24) is 9.97 Å². The number of aryl methyl sites for hydroxylation is 1. The first-order valence-corrected chi connectivity index (χ1v) is 5.61. The third-order valence-corrected chi connectivity index (χ3v) is 2.47. The molecule has 1 aromatic heterocycles. The Morgan fingerprint density at radius 2 is 2.06 bits per heavy atom. The fourth-order valence-electron chi connectivity index (χ4n) is 1.60. The molecule has 0 saturated carbocycles. The number of aromatic nitrogens is 2. The number of aromatic amines is 1. The van der Waals surface area contributed by atoms with Crippen molar-refractivity contribution >= 4 is 5.97 Å². The molecular formula is C13H13FN2O2. The van der Waals surface area contributed by atoms with Gasteiger partial charge in [0.1, 0.15) is 11.6 Å². The normalized spacial score (nSPS) is 10.4. The molecule has 0 unspecified atom stereocenters. The van der Waals surface area contributed by atoms with Crippen LogP contribution in [0.3, 0.4) is 0 Å². The van der Waals surface area contributed by atoms with E-state index in [2.05, 4.69) is 9.97 Å². The Balaban J connectivity index is 2.34. The number of rotatable bonds is 3. The summed E-state index contributed by atoms with van der Waals surface area (Å²) in [4.78, 5) is 18.8. The van der Waals surface area contributed by atoms with Crippen LogP contribution in [0.4, 0.5) is 4.39 Å². The Labute approximate surface area is 104 Å². The fourth-order valence-corrected chi connectivity index (χ4v) is 1.60. The monoisotopic (exact) mass is 248 g/mol. The maximum Gasteiger partial charge on any atom is 0.358 e. The van der Waals surface area contributed by atoms with Gasteiger partial charge >= 0.3 is 5.97 Å². The molecule has 1 N–H and O–H groups in total. The van der Waals surface area contributed by atoms with E-state index in [-0.39, 0.29) is 11.5 Å². The van der Waals surface area contributed by atoms with Gasteiger partial charge in [0, 0.05) is 11.3 Å². The van der Waals surface area contributed by atoms with Crippen LogP contribution < -0.4 is 0 Å². The van der Waals surface area contributed by atoms with Crippen molar-refractivity contribution in [2.24, 2.45) is 0 Å². The van der Waals surface area contributed by atoms with E-state index in [4.69, 9.17) is 4.74 Å². The quantitative estimate of drug-likeness (QED) is 0.850. The van der Waals surface area contributed by atoms with Gasteiger partial charge in [-0.2, -0.15) is 0 Å². The summed E-state index contributed by atoms with van der Waals surface area (Å²) in [5.74, 6) is -0.247. The van der Waals surface area contributed by atoms with Crippen molar-refractivity contribution in [1.29, 1.82) is 0 Å². The number of nitrogens with zero attached hydrogens (tertiary/aromatic N) is 1. The Kier molecular flexibility index (Phi) is 3.41. The molecule has 0 spiro atoms. The van der Waals surface area contributed by atoms with Gasteiger partial charge in [-0.25, -0.2) is 14.2 Å². The second kappa shape index (κ2) is 5.00. The van der Waals surface area contributed by atoms with Gasteiger partial charge in [-0.15, -0.1) is 0 Å². The molecule has 1 aromatic carbocycles. The highest BCUT2D eigenvalue weighted by Gasteiger charge is 2.16. The number of hydrogen-bond donors (Lipinski definition) is 1. The average Bonchev–Trinajstić information content (AvgIpc) is 2.72. The lowest BCUT2D eigenvalue weighted by atomic mass is 10.2. The molecule has 0 aliphatic carbocycles. The maximum atomic E-state index is 12.8. The van der Waals surface area contributed by atoms with E-state index in [1.54, 1.807) is 26.0 Å². The van der Waals surface area contributed by atoms with Crippen molar-refractivity contribution in [2.75, 3.05) is 6.61 Å². The molecular weight excluding hydrogens is 235 g/mol. The smallest absolute Gasteiger partial charge is 0.358 e. The van der Waals surface area contributed by atoms with E-state index in [0.29, 0.717) is 18.1 Å². The van der Waals surface area contributed by atoms with Crippen LogP contribution in [-0.4, -0.2) is 22.5 Å². The number of carbonyl (C=O) groups excluding carboxylic acids is 1.